The van der Waals surface area contributed by atoms with Crippen LogP contribution in [0, 0.1) is 0 Å². The first-order chi connectivity index (χ1) is 10.8. The van der Waals surface area contributed by atoms with Gasteiger partial charge in [-0.05, 0) is 18.2 Å². The lowest BCUT2D eigenvalue weighted by molar-refractivity contribution is -0.277. The van der Waals surface area contributed by atoms with Crippen LogP contribution in [-0.2, 0) is 16.0 Å². The van der Waals surface area contributed by atoms with Gasteiger partial charge in [-0.15, -0.1) is 0 Å². The standard InChI is InChI=1S/C14H18O9/c15-5-9-11(19)12(20)13(21)14(23-9)22-8-2-1-7(16)3-6(8)4-10(17)18/h1-3,9,11-16,19-21H,4-5H2,(H,17,18)/t9-,11-,12+,13-,14-/m1/s1. The Kier molecular flexibility index (Phi) is 5.39. The minimum Gasteiger partial charge on any atom is -0.508 e. The third kappa shape index (κ3) is 3.89. The van der Waals surface area contributed by atoms with Gasteiger partial charge in [-0.3, -0.25) is 4.79 Å². The molecule has 0 saturated carbocycles. The van der Waals surface area contributed by atoms with Crippen molar-refractivity contribution in [1.29, 1.82) is 0 Å². The van der Waals surface area contributed by atoms with E-state index < -0.39 is 49.7 Å². The van der Waals surface area contributed by atoms with Crippen molar-refractivity contribution < 1.29 is 44.9 Å². The Balaban J connectivity index is 2.22. The Bertz CT molecular complexity index is 559. The topological polar surface area (TPSA) is 157 Å². The van der Waals surface area contributed by atoms with Crippen LogP contribution in [-0.4, -0.2) is 73.9 Å². The summed E-state index contributed by atoms with van der Waals surface area (Å²) in [5.41, 5.74) is 0.134. The summed E-state index contributed by atoms with van der Waals surface area (Å²) in [7, 11) is 0. The molecule has 0 spiro atoms. The van der Waals surface area contributed by atoms with Crippen molar-refractivity contribution in [1.82, 2.24) is 0 Å². The summed E-state index contributed by atoms with van der Waals surface area (Å²) in [5, 5.41) is 56.7. The van der Waals surface area contributed by atoms with Crippen LogP contribution in [0.15, 0.2) is 18.2 Å². The highest BCUT2D eigenvalue weighted by Gasteiger charge is 2.44. The lowest BCUT2D eigenvalue weighted by Crippen LogP contribution is -2.60. The van der Waals surface area contributed by atoms with E-state index in [2.05, 4.69) is 0 Å². The van der Waals surface area contributed by atoms with Crippen molar-refractivity contribution in [3.05, 3.63) is 23.8 Å². The predicted octanol–water partition coefficient (Wildman–Crippen LogP) is -1.80. The molecule has 1 aliphatic heterocycles. The van der Waals surface area contributed by atoms with E-state index in [4.69, 9.17) is 19.7 Å². The molecule has 128 valence electrons. The molecule has 1 fully saturated rings. The summed E-state index contributed by atoms with van der Waals surface area (Å²) in [6.45, 7) is -0.609. The zero-order valence-corrected chi connectivity index (χ0v) is 11.9. The fourth-order valence-electron chi connectivity index (χ4n) is 2.27. The highest BCUT2D eigenvalue weighted by atomic mass is 16.7. The summed E-state index contributed by atoms with van der Waals surface area (Å²) in [5.74, 6) is -1.30. The second kappa shape index (κ2) is 7.11. The summed E-state index contributed by atoms with van der Waals surface area (Å²) in [6, 6.07) is 3.73. The Morgan fingerprint density at radius 2 is 1.87 bits per heavy atom. The molecule has 0 radical (unpaired) electrons. The van der Waals surface area contributed by atoms with Crippen molar-refractivity contribution >= 4 is 5.97 Å². The van der Waals surface area contributed by atoms with E-state index in [1.165, 1.54) is 18.2 Å². The average molecular weight is 330 g/mol. The average Bonchev–Trinajstić information content (AvgIpc) is 2.49. The van der Waals surface area contributed by atoms with E-state index in [1.54, 1.807) is 0 Å². The number of aromatic hydroxyl groups is 1. The van der Waals surface area contributed by atoms with Gasteiger partial charge >= 0.3 is 5.97 Å². The van der Waals surface area contributed by atoms with Gasteiger partial charge in [0.1, 0.15) is 35.9 Å². The smallest absolute Gasteiger partial charge is 0.307 e. The fourth-order valence-corrected chi connectivity index (χ4v) is 2.27. The molecule has 0 bridgehead atoms. The Labute approximate surface area is 130 Å². The molecular weight excluding hydrogens is 312 g/mol. The molecule has 1 aromatic rings. The van der Waals surface area contributed by atoms with Crippen LogP contribution in [0.2, 0.25) is 0 Å². The van der Waals surface area contributed by atoms with Gasteiger partial charge in [-0.25, -0.2) is 0 Å². The Hall–Kier alpha value is -1.91. The number of carboxylic acid groups (broad SMARTS) is 1. The molecule has 1 heterocycles. The number of aliphatic hydroxyl groups excluding tert-OH is 4. The minimum atomic E-state index is -1.61. The zero-order chi connectivity index (χ0) is 17.1. The van der Waals surface area contributed by atoms with Crippen LogP contribution < -0.4 is 4.74 Å². The summed E-state index contributed by atoms with van der Waals surface area (Å²) >= 11 is 0. The molecule has 1 saturated heterocycles. The summed E-state index contributed by atoms with van der Waals surface area (Å²) in [6.07, 6.45) is -7.75. The Morgan fingerprint density at radius 3 is 2.48 bits per heavy atom. The lowest BCUT2D eigenvalue weighted by atomic mass is 9.99. The van der Waals surface area contributed by atoms with Crippen molar-refractivity contribution in [3.63, 3.8) is 0 Å². The molecule has 23 heavy (non-hydrogen) atoms. The SMILES string of the molecule is O=C(O)Cc1cc(O)ccc1O[C@@H]1O[C@H](CO)[C@@H](O)[C@H](O)[C@H]1O. The van der Waals surface area contributed by atoms with Gasteiger partial charge in [-0.1, -0.05) is 0 Å². The second-order valence-electron chi connectivity index (χ2n) is 5.18. The number of rotatable bonds is 5. The van der Waals surface area contributed by atoms with Crippen molar-refractivity contribution in [2.24, 2.45) is 0 Å². The van der Waals surface area contributed by atoms with E-state index in [-0.39, 0.29) is 17.1 Å². The van der Waals surface area contributed by atoms with Gasteiger partial charge in [-0.2, -0.15) is 0 Å². The first kappa shape index (κ1) is 17.4. The maximum Gasteiger partial charge on any atom is 0.307 e. The largest absolute Gasteiger partial charge is 0.508 e. The van der Waals surface area contributed by atoms with Gasteiger partial charge in [0.25, 0.3) is 0 Å². The Morgan fingerprint density at radius 1 is 1.17 bits per heavy atom. The number of carboxylic acids is 1. The monoisotopic (exact) mass is 330 g/mol. The normalized spacial score (nSPS) is 30.9. The molecule has 6 N–H and O–H groups in total. The third-order valence-electron chi connectivity index (χ3n) is 3.48. The van der Waals surface area contributed by atoms with Gasteiger partial charge in [0.15, 0.2) is 0 Å². The summed E-state index contributed by atoms with van der Waals surface area (Å²) in [4.78, 5) is 10.9. The maximum absolute atomic E-state index is 10.9. The molecule has 1 aliphatic rings. The van der Waals surface area contributed by atoms with Gasteiger partial charge < -0.3 is 40.1 Å². The first-order valence-electron chi connectivity index (χ1n) is 6.84. The van der Waals surface area contributed by atoms with Crippen LogP contribution in [0.5, 0.6) is 11.5 Å². The molecule has 0 amide bonds. The molecule has 9 nitrogen and oxygen atoms in total. The number of phenols is 1. The number of benzene rings is 1. The van der Waals surface area contributed by atoms with Crippen molar-refractivity contribution in [2.75, 3.05) is 6.61 Å². The molecule has 0 aromatic heterocycles. The van der Waals surface area contributed by atoms with Crippen molar-refractivity contribution in [3.8, 4) is 11.5 Å². The third-order valence-corrected chi connectivity index (χ3v) is 3.48. The molecule has 0 aliphatic carbocycles. The molecule has 2 rings (SSSR count). The van der Waals surface area contributed by atoms with E-state index >= 15 is 0 Å². The maximum atomic E-state index is 10.9. The second-order valence-corrected chi connectivity index (χ2v) is 5.18. The minimum absolute atomic E-state index is 0.0227. The number of aliphatic carboxylic acids is 1. The number of hydrogen-bond donors (Lipinski definition) is 6. The molecular formula is C14H18O9. The van der Waals surface area contributed by atoms with Crippen LogP contribution in [0.3, 0.4) is 0 Å². The molecule has 1 aromatic carbocycles. The van der Waals surface area contributed by atoms with Gasteiger partial charge in [0.05, 0.1) is 13.0 Å². The number of ether oxygens (including phenoxy) is 2. The fraction of sp³-hybridized carbons (Fsp3) is 0.500. The number of phenolic OH excluding ortho intramolecular Hbond substituents is 1. The van der Waals surface area contributed by atoms with Gasteiger partial charge in [0.2, 0.25) is 6.29 Å². The van der Waals surface area contributed by atoms with Crippen LogP contribution in [0.25, 0.3) is 0 Å². The molecule has 9 heteroatoms. The lowest BCUT2D eigenvalue weighted by Gasteiger charge is -2.39. The van der Waals surface area contributed by atoms with Crippen LogP contribution in [0.1, 0.15) is 5.56 Å². The van der Waals surface area contributed by atoms with E-state index in [0.29, 0.717) is 0 Å². The predicted molar refractivity (Wildman–Crippen MR) is 73.8 cm³/mol. The highest BCUT2D eigenvalue weighted by Crippen LogP contribution is 2.29. The zero-order valence-electron chi connectivity index (χ0n) is 11.9. The van der Waals surface area contributed by atoms with E-state index in [9.17, 15) is 25.2 Å². The van der Waals surface area contributed by atoms with E-state index in [0.717, 1.165) is 0 Å². The van der Waals surface area contributed by atoms with Crippen LogP contribution in [0.4, 0.5) is 0 Å². The first-order valence-corrected chi connectivity index (χ1v) is 6.84. The highest BCUT2D eigenvalue weighted by molar-refractivity contribution is 5.71. The van der Waals surface area contributed by atoms with Gasteiger partial charge in [0, 0.05) is 5.56 Å². The summed E-state index contributed by atoms with van der Waals surface area (Å²) < 4.78 is 10.6. The number of hydrogen-bond acceptors (Lipinski definition) is 8. The number of carbonyl (C=O) groups is 1. The van der Waals surface area contributed by atoms with Crippen molar-refractivity contribution in [2.45, 2.75) is 37.1 Å². The quantitative estimate of drug-likeness (QED) is 0.366. The molecule has 0 unspecified atom stereocenters. The van der Waals surface area contributed by atoms with E-state index in [1.807, 2.05) is 0 Å². The molecule has 5 atom stereocenters. The van der Waals surface area contributed by atoms with Crippen LogP contribution >= 0.6 is 0 Å². The number of aliphatic hydroxyl groups is 4.